The lowest BCUT2D eigenvalue weighted by Gasteiger charge is -2.21. The molecule has 1 rings (SSSR count). The summed E-state index contributed by atoms with van der Waals surface area (Å²) in [5.41, 5.74) is 1.09. The molecule has 1 aromatic carbocycles. The van der Waals surface area contributed by atoms with E-state index >= 15 is 0 Å². The number of halogens is 1. The minimum Gasteiger partial charge on any atom is -0.493 e. The van der Waals surface area contributed by atoms with Gasteiger partial charge >= 0.3 is 0 Å². The summed E-state index contributed by atoms with van der Waals surface area (Å²) in [6.45, 7) is 8.62. The maximum atomic E-state index is 5.77. The summed E-state index contributed by atoms with van der Waals surface area (Å²) in [4.78, 5) is 4.26. The van der Waals surface area contributed by atoms with Crippen LogP contribution in [0.2, 0.25) is 0 Å². The number of methoxy groups -OCH3 is 2. The van der Waals surface area contributed by atoms with E-state index in [1.54, 1.807) is 21.3 Å². The highest BCUT2D eigenvalue weighted by molar-refractivity contribution is 14.0. The fourth-order valence-corrected chi connectivity index (χ4v) is 2.55. The van der Waals surface area contributed by atoms with Crippen molar-refractivity contribution < 1.29 is 14.2 Å². The molecule has 0 spiro atoms. The number of rotatable bonds is 10. The molecular formula is C19H34IN3O3. The molecule has 1 unspecified atom stereocenters. The summed E-state index contributed by atoms with van der Waals surface area (Å²) in [6.07, 6.45) is 1.21. The van der Waals surface area contributed by atoms with Crippen LogP contribution in [-0.4, -0.2) is 46.5 Å². The van der Waals surface area contributed by atoms with Gasteiger partial charge in [0.25, 0.3) is 0 Å². The topological polar surface area (TPSA) is 64.1 Å². The Bertz CT molecular complexity index is 539. The zero-order valence-corrected chi connectivity index (χ0v) is 19.1. The van der Waals surface area contributed by atoms with Gasteiger partial charge in [-0.2, -0.15) is 0 Å². The molecule has 150 valence electrons. The Morgan fingerprint density at radius 1 is 1.12 bits per heavy atom. The molecule has 0 saturated heterocycles. The number of nitrogens with zero attached hydrogens (tertiary/aromatic N) is 1. The Morgan fingerprint density at radius 2 is 1.81 bits per heavy atom. The second-order valence-electron chi connectivity index (χ2n) is 6.07. The van der Waals surface area contributed by atoms with Crippen molar-refractivity contribution in [2.75, 3.05) is 34.4 Å². The van der Waals surface area contributed by atoms with Crippen LogP contribution in [0.3, 0.4) is 0 Å². The van der Waals surface area contributed by atoms with Crippen molar-refractivity contribution in [2.45, 2.75) is 39.8 Å². The third kappa shape index (κ3) is 8.44. The van der Waals surface area contributed by atoms with E-state index in [4.69, 9.17) is 14.2 Å². The highest BCUT2D eigenvalue weighted by atomic mass is 127. The van der Waals surface area contributed by atoms with E-state index in [1.807, 2.05) is 25.1 Å². The Kier molecular flexibility index (Phi) is 13.3. The molecule has 26 heavy (non-hydrogen) atoms. The first-order valence-corrected chi connectivity index (χ1v) is 8.82. The predicted octanol–water partition coefficient (Wildman–Crippen LogP) is 3.44. The van der Waals surface area contributed by atoms with Crippen molar-refractivity contribution in [3.8, 4) is 11.5 Å². The molecular weight excluding hydrogens is 445 g/mol. The first-order valence-electron chi connectivity index (χ1n) is 8.82. The van der Waals surface area contributed by atoms with Crippen molar-refractivity contribution in [3.63, 3.8) is 0 Å². The lowest BCUT2D eigenvalue weighted by atomic mass is 10.0. The Morgan fingerprint density at radius 3 is 2.35 bits per heavy atom. The number of hydrogen-bond donors (Lipinski definition) is 2. The smallest absolute Gasteiger partial charge is 0.191 e. The highest BCUT2D eigenvalue weighted by Crippen LogP contribution is 2.27. The molecule has 0 aliphatic rings. The second kappa shape index (κ2) is 13.9. The third-order valence-electron chi connectivity index (χ3n) is 3.98. The second-order valence-corrected chi connectivity index (χ2v) is 6.07. The number of ether oxygens (including phenoxy) is 3. The van der Waals surface area contributed by atoms with Crippen LogP contribution in [0.15, 0.2) is 23.2 Å². The van der Waals surface area contributed by atoms with Gasteiger partial charge in [0.2, 0.25) is 0 Å². The van der Waals surface area contributed by atoms with Crippen LogP contribution in [0.1, 0.15) is 32.8 Å². The summed E-state index contributed by atoms with van der Waals surface area (Å²) in [7, 11) is 5.04. The lowest BCUT2D eigenvalue weighted by molar-refractivity contribution is 0.0258. The van der Waals surface area contributed by atoms with Crippen LogP contribution in [0, 0.1) is 5.92 Å². The van der Waals surface area contributed by atoms with Gasteiger partial charge in [0.1, 0.15) is 0 Å². The summed E-state index contributed by atoms with van der Waals surface area (Å²) in [5, 5.41) is 6.65. The number of benzene rings is 1. The first-order chi connectivity index (χ1) is 12.0. The molecule has 0 heterocycles. The number of aliphatic imine (C=N–C) groups is 1. The highest BCUT2D eigenvalue weighted by Gasteiger charge is 2.13. The zero-order valence-electron chi connectivity index (χ0n) is 16.8. The van der Waals surface area contributed by atoms with E-state index in [2.05, 4.69) is 29.5 Å². The van der Waals surface area contributed by atoms with Crippen molar-refractivity contribution in [1.29, 1.82) is 0 Å². The van der Waals surface area contributed by atoms with E-state index in [1.165, 1.54) is 0 Å². The molecule has 6 nitrogen and oxygen atoms in total. The standard InChI is InChI=1S/C19H33N3O3.HI/c1-7-25-16(14(2)3)10-11-21-19(20-4)22-13-15-8-9-17(23-5)18(12-15)24-6;/h8-9,12,14,16H,7,10-11,13H2,1-6H3,(H2,20,21,22);1H. The maximum Gasteiger partial charge on any atom is 0.191 e. The van der Waals surface area contributed by atoms with Crippen LogP contribution in [0.25, 0.3) is 0 Å². The zero-order chi connectivity index (χ0) is 18.7. The molecule has 0 fully saturated rings. The van der Waals surface area contributed by atoms with E-state index < -0.39 is 0 Å². The Hall–Kier alpha value is -1.22. The third-order valence-corrected chi connectivity index (χ3v) is 3.98. The molecule has 2 N–H and O–H groups in total. The summed E-state index contributed by atoms with van der Waals surface area (Å²) >= 11 is 0. The number of guanidine groups is 1. The quantitative estimate of drug-likeness (QED) is 0.306. The largest absolute Gasteiger partial charge is 0.493 e. The van der Waals surface area contributed by atoms with Crippen LogP contribution < -0.4 is 20.1 Å². The lowest BCUT2D eigenvalue weighted by Crippen LogP contribution is -2.38. The maximum absolute atomic E-state index is 5.77. The average Bonchev–Trinajstić information content (AvgIpc) is 2.63. The summed E-state index contributed by atoms with van der Waals surface area (Å²) < 4.78 is 16.4. The molecule has 0 bridgehead atoms. The fourth-order valence-electron chi connectivity index (χ4n) is 2.55. The molecule has 0 aliphatic carbocycles. The van der Waals surface area contributed by atoms with Crippen molar-refractivity contribution in [1.82, 2.24) is 10.6 Å². The Labute approximate surface area is 175 Å². The predicted molar refractivity (Wildman–Crippen MR) is 118 cm³/mol. The monoisotopic (exact) mass is 479 g/mol. The minimum atomic E-state index is 0. The van der Waals surface area contributed by atoms with Gasteiger partial charge in [-0.05, 0) is 37.0 Å². The molecule has 1 aromatic rings. The fraction of sp³-hybridized carbons (Fsp3) is 0.632. The van der Waals surface area contributed by atoms with Crippen molar-refractivity contribution >= 4 is 29.9 Å². The SMILES string of the molecule is CCOC(CCNC(=NC)NCc1ccc(OC)c(OC)c1)C(C)C.I. The van der Waals surface area contributed by atoms with Crippen molar-refractivity contribution in [2.24, 2.45) is 10.9 Å². The summed E-state index contributed by atoms with van der Waals surface area (Å²) in [6, 6.07) is 5.87. The van der Waals surface area contributed by atoms with Gasteiger partial charge in [0.15, 0.2) is 17.5 Å². The molecule has 0 radical (unpaired) electrons. The van der Waals surface area contributed by atoms with E-state index in [9.17, 15) is 0 Å². The molecule has 7 heteroatoms. The summed E-state index contributed by atoms with van der Waals surface area (Å²) in [5.74, 6) is 2.72. The van der Waals surface area contributed by atoms with Gasteiger partial charge in [0.05, 0.1) is 20.3 Å². The molecule has 0 amide bonds. The van der Waals surface area contributed by atoms with E-state index in [0.29, 0.717) is 12.5 Å². The van der Waals surface area contributed by atoms with Gasteiger partial charge in [-0.3, -0.25) is 4.99 Å². The molecule has 0 aromatic heterocycles. The Balaban J connectivity index is 0.00000625. The van der Waals surface area contributed by atoms with Gasteiger partial charge in [-0.15, -0.1) is 24.0 Å². The van der Waals surface area contributed by atoms with Crippen LogP contribution in [0.4, 0.5) is 0 Å². The van der Waals surface area contributed by atoms with Gasteiger partial charge in [-0.1, -0.05) is 19.9 Å². The van der Waals surface area contributed by atoms with E-state index in [0.717, 1.165) is 42.6 Å². The normalized spacial score (nSPS) is 12.3. The molecule has 1 atom stereocenters. The van der Waals surface area contributed by atoms with Gasteiger partial charge < -0.3 is 24.8 Å². The van der Waals surface area contributed by atoms with Crippen LogP contribution in [-0.2, 0) is 11.3 Å². The number of hydrogen-bond acceptors (Lipinski definition) is 4. The van der Waals surface area contributed by atoms with Gasteiger partial charge in [-0.25, -0.2) is 0 Å². The minimum absolute atomic E-state index is 0. The van der Waals surface area contributed by atoms with Gasteiger partial charge in [0, 0.05) is 26.7 Å². The van der Waals surface area contributed by atoms with Crippen LogP contribution in [0.5, 0.6) is 11.5 Å². The number of nitrogens with one attached hydrogen (secondary N) is 2. The van der Waals surface area contributed by atoms with E-state index in [-0.39, 0.29) is 30.1 Å². The first kappa shape index (κ1) is 24.8. The average molecular weight is 479 g/mol. The molecule has 0 saturated carbocycles. The van der Waals surface area contributed by atoms with Crippen molar-refractivity contribution in [3.05, 3.63) is 23.8 Å². The van der Waals surface area contributed by atoms with Crippen LogP contribution >= 0.6 is 24.0 Å². The molecule has 0 aliphatic heterocycles.